The Kier molecular flexibility index (Phi) is 3.72. The van der Waals surface area contributed by atoms with Crippen molar-refractivity contribution in [2.24, 2.45) is 5.84 Å². The Balaban J connectivity index is 2.62. The summed E-state index contributed by atoms with van der Waals surface area (Å²) in [5, 5.41) is 9.87. The van der Waals surface area contributed by atoms with Gasteiger partial charge in [-0.2, -0.15) is 5.26 Å². The third kappa shape index (κ3) is 2.12. The molecule has 0 spiro atoms. The van der Waals surface area contributed by atoms with E-state index < -0.39 is 0 Å². The van der Waals surface area contributed by atoms with E-state index in [1.54, 1.807) is 7.11 Å². The van der Waals surface area contributed by atoms with E-state index in [9.17, 15) is 0 Å². The summed E-state index contributed by atoms with van der Waals surface area (Å²) in [6.45, 7) is 0.631. The van der Waals surface area contributed by atoms with E-state index in [-0.39, 0.29) is 0 Å². The number of methoxy groups -OCH3 is 1. The van der Waals surface area contributed by atoms with Crippen molar-refractivity contribution >= 4 is 16.6 Å². The number of hydrogen-bond acceptors (Lipinski definition) is 5. The number of nitrogens with zero attached hydrogens (tertiary/aromatic N) is 2. The van der Waals surface area contributed by atoms with E-state index in [4.69, 9.17) is 15.8 Å². The maximum absolute atomic E-state index is 9.01. The predicted molar refractivity (Wildman–Crippen MR) is 69.8 cm³/mol. The van der Waals surface area contributed by atoms with Crippen LogP contribution in [0.1, 0.15) is 11.1 Å². The number of anilines is 1. The Labute approximate surface area is 105 Å². The fourth-order valence-corrected chi connectivity index (χ4v) is 1.94. The minimum atomic E-state index is 0.439. The molecule has 18 heavy (non-hydrogen) atoms. The number of pyridine rings is 1. The second-order valence-electron chi connectivity index (χ2n) is 3.86. The van der Waals surface area contributed by atoms with Gasteiger partial charge in [-0.1, -0.05) is 18.2 Å². The van der Waals surface area contributed by atoms with Crippen LogP contribution in [-0.4, -0.2) is 18.7 Å². The first-order valence-corrected chi connectivity index (χ1v) is 5.58. The fraction of sp³-hybridized carbons (Fsp3) is 0.231. The monoisotopic (exact) mass is 242 g/mol. The van der Waals surface area contributed by atoms with Crippen molar-refractivity contribution in [3.63, 3.8) is 0 Å². The minimum Gasteiger partial charge on any atom is -0.384 e. The number of nitrogens with one attached hydrogen (secondary N) is 1. The maximum Gasteiger partial charge on any atom is 0.103 e. The number of benzene rings is 1. The van der Waals surface area contributed by atoms with Gasteiger partial charge in [-0.05, 0) is 12.0 Å². The van der Waals surface area contributed by atoms with Crippen molar-refractivity contribution in [1.29, 1.82) is 5.26 Å². The van der Waals surface area contributed by atoms with Crippen LogP contribution in [0.5, 0.6) is 0 Å². The number of aromatic nitrogens is 1. The summed E-state index contributed by atoms with van der Waals surface area (Å²) in [6, 6.07) is 7.90. The molecule has 0 fully saturated rings. The molecule has 2 aromatic rings. The predicted octanol–water partition coefficient (Wildman–Crippen LogP) is 1.58. The summed E-state index contributed by atoms with van der Waals surface area (Å²) < 4.78 is 5.08. The average molecular weight is 242 g/mol. The van der Waals surface area contributed by atoms with Crippen LogP contribution in [0.3, 0.4) is 0 Å². The van der Waals surface area contributed by atoms with Crippen LogP contribution in [0.2, 0.25) is 0 Å². The van der Waals surface area contributed by atoms with Crippen molar-refractivity contribution in [3.8, 4) is 6.07 Å². The average Bonchev–Trinajstić information content (AvgIpc) is 2.43. The van der Waals surface area contributed by atoms with Crippen molar-refractivity contribution in [1.82, 2.24) is 4.98 Å². The smallest absolute Gasteiger partial charge is 0.103 e. The molecule has 0 amide bonds. The number of rotatable bonds is 4. The van der Waals surface area contributed by atoms with Gasteiger partial charge >= 0.3 is 0 Å². The van der Waals surface area contributed by atoms with Gasteiger partial charge in [0, 0.05) is 18.7 Å². The quantitative estimate of drug-likeness (QED) is 0.628. The van der Waals surface area contributed by atoms with Gasteiger partial charge in [0.05, 0.1) is 23.4 Å². The second kappa shape index (κ2) is 5.45. The van der Waals surface area contributed by atoms with E-state index >= 15 is 0 Å². The third-order valence-electron chi connectivity index (χ3n) is 2.82. The third-order valence-corrected chi connectivity index (χ3v) is 2.82. The van der Waals surface area contributed by atoms with Crippen LogP contribution in [0, 0.1) is 11.3 Å². The number of nitriles is 1. The van der Waals surface area contributed by atoms with Gasteiger partial charge in [0.2, 0.25) is 0 Å². The van der Waals surface area contributed by atoms with Gasteiger partial charge in [-0.3, -0.25) is 10.8 Å². The lowest BCUT2D eigenvalue weighted by molar-refractivity contribution is 0.202. The molecule has 1 heterocycles. The van der Waals surface area contributed by atoms with Crippen LogP contribution >= 0.6 is 0 Å². The molecule has 3 N–H and O–H groups in total. The molecule has 0 aliphatic rings. The molecule has 0 atom stereocenters. The highest BCUT2D eigenvalue weighted by Crippen LogP contribution is 2.27. The zero-order chi connectivity index (χ0) is 13.0. The first-order chi connectivity index (χ1) is 8.81. The molecule has 5 heteroatoms. The molecule has 1 aromatic carbocycles. The Bertz CT molecular complexity index is 604. The number of hydrazine groups is 1. The van der Waals surface area contributed by atoms with Crippen molar-refractivity contribution in [2.75, 3.05) is 19.1 Å². The van der Waals surface area contributed by atoms with Crippen molar-refractivity contribution < 1.29 is 4.74 Å². The summed E-state index contributed by atoms with van der Waals surface area (Å²) in [5.74, 6) is 5.49. The minimum absolute atomic E-state index is 0.439. The Hall–Kier alpha value is -2.16. The molecule has 1 aromatic heterocycles. The van der Waals surface area contributed by atoms with E-state index in [0.717, 1.165) is 22.9 Å². The normalized spacial score (nSPS) is 10.3. The molecule has 92 valence electrons. The van der Waals surface area contributed by atoms with Gasteiger partial charge in [0.15, 0.2) is 0 Å². The SMILES string of the molecule is COCCc1cccc2c(NN)c(C#N)cnc12. The van der Waals surface area contributed by atoms with E-state index in [0.29, 0.717) is 17.9 Å². The summed E-state index contributed by atoms with van der Waals surface area (Å²) >= 11 is 0. The summed E-state index contributed by atoms with van der Waals surface area (Å²) in [6.07, 6.45) is 2.31. The van der Waals surface area contributed by atoms with Crippen molar-refractivity contribution in [3.05, 3.63) is 35.5 Å². The van der Waals surface area contributed by atoms with Crippen LogP contribution in [0.25, 0.3) is 10.9 Å². The lowest BCUT2D eigenvalue weighted by Gasteiger charge is -2.10. The zero-order valence-corrected chi connectivity index (χ0v) is 10.1. The Morgan fingerprint density at radius 2 is 2.33 bits per heavy atom. The van der Waals surface area contributed by atoms with Gasteiger partial charge in [0.1, 0.15) is 6.07 Å². The standard InChI is InChI=1S/C13H14N4O/c1-18-6-5-9-3-2-4-11-12(9)16-8-10(7-14)13(11)17-15/h2-4,8H,5-6,15H2,1H3,(H,16,17). The first-order valence-electron chi connectivity index (χ1n) is 5.58. The van der Waals surface area contributed by atoms with E-state index in [1.165, 1.54) is 6.20 Å². The number of fused-ring (bicyclic) bond motifs is 1. The van der Waals surface area contributed by atoms with Gasteiger partial charge in [-0.25, -0.2) is 0 Å². The van der Waals surface area contributed by atoms with Crippen LogP contribution in [0.15, 0.2) is 24.4 Å². The first kappa shape index (κ1) is 12.3. The van der Waals surface area contributed by atoms with Crippen molar-refractivity contribution in [2.45, 2.75) is 6.42 Å². The second-order valence-corrected chi connectivity index (χ2v) is 3.86. The van der Waals surface area contributed by atoms with Crippen LogP contribution < -0.4 is 11.3 Å². The molecular formula is C13H14N4O. The van der Waals surface area contributed by atoms with Gasteiger partial charge in [-0.15, -0.1) is 0 Å². The topological polar surface area (TPSA) is 84.0 Å². The largest absolute Gasteiger partial charge is 0.384 e. The molecule has 0 aliphatic carbocycles. The van der Waals surface area contributed by atoms with E-state index in [1.807, 2.05) is 18.2 Å². The van der Waals surface area contributed by atoms with Gasteiger partial charge in [0.25, 0.3) is 0 Å². The van der Waals surface area contributed by atoms with Gasteiger partial charge < -0.3 is 10.2 Å². The number of nitrogen functional groups attached to an aromatic ring is 1. The Morgan fingerprint density at radius 3 is 3.00 bits per heavy atom. The summed E-state index contributed by atoms with van der Waals surface area (Å²) in [7, 11) is 1.67. The molecule has 0 saturated heterocycles. The van der Waals surface area contributed by atoms with E-state index in [2.05, 4.69) is 16.5 Å². The molecular weight excluding hydrogens is 228 g/mol. The number of hydrogen-bond donors (Lipinski definition) is 2. The molecule has 0 radical (unpaired) electrons. The molecule has 5 nitrogen and oxygen atoms in total. The molecule has 0 bridgehead atoms. The Morgan fingerprint density at radius 1 is 1.50 bits per heavy atom. The lowest BCUT2D eigenvalue weighted by atomic mass is 10.0. The van der Waals surface area contributed by atoms with Crippen LogP contribution in [-0.2, 0) is 11.2 Å². The molecule has 0 saturated carbocycles. The number of para-hydroxylation sites is 1. The number of ether oxygens (including phenoxy) is 1. The fourth-order valence-electron chi connectivity index (χ4n) is 1.94. The highest BCUT2D eigenvalue weighted by Gasteiger charge is 2.10. The summed E-state index contributed by atoms with van der Waals surface area (Å²) in [4.78, 5) is 4.34. The molecule has 2 rings (SSSR count). The maximum atomic E-state index is 9.01. The number of nitrogens with two attached hydrogens (primary N) is 1. The summed E-state index contributed by atoms with van der Waals surface area (Å²) in [5.41, 5.74) is 5.56. The lowest BCUT2D eigenvalue weighted by Crippen LogP contribution is -2.10. The highest BCUT2D eigenvalue weighted by molar-refractivity contribution is 5.95. The molecule has 0 unspecified atom stereocenters. The highest BCUT2D eigenvalue weighted by atomic mass is 16.5. The van der Waals surface area contributed by atoms with Crippen LogP contribution in [0.4, 0.5) is 5.69 Å². The molecule has 0 aliphatic heterocycles. The zero-order valence-electron chi connectivity index (χ0n) is 10.1.